The second-order valence-electron chi connectivity index (χ2n) is 5.04. The van der Waals surface area contributed by atoms with Gasteiger partial charge in [0.1, 0.15) is 5.82 Å². The van der Waals surface area contributed by atoms with Gasteiger partial charge in [-0.2, -0.15) is 13.2 Å². The minimum Gasteiger partial charge on any atom is -0.388 e. The average molecular weight is 293 g/mol. The Morgan fingerprint density at radius 2 is 1.90 bits per heavy atom. The predicted octanol–water partition coefficient (Wildman–Crippen LogP) is 3.52. The van der Waals surface area contributed by atoms with E-state index in [1.807, 2.05) is 0 Å². The molecule has 0 amide bonds. The third-order valence-electron chi connectivity index (χ3n) is 3.04. The SMILES string of the molecule is CC(C)N(CCC(O)c1cccc(F)c1)CC(F)(F)F. The summed E-state index contributed by atoms with van der Waals surface area (Å²) >= 11 is 0. The first-order valence-corrected chi connectivity index (χ1v) is 6.43. The van der Waals surface area contributed by atoms with Crippen molar-refractivity contribution in [2.45, 2.75) is 38.6 Å². The number of halogens is 4. The molecule has 0 fully saturated rings. The molecule has 0 saturated heterocycles. The predicted molar refractivity (Wildman–Crippen MR) is 68.7 cm³/mol. The topological polar surface area (TPSA) is 23.5 Å². The van der Waals surface area contributed by atoms with Crippen LogP contribution in [0.25, 0.3) is 0 Å². The first-order valence-electron chi connectivity index (χ1n) is 6.43. The van der Waals surface area contributed by atoms with Gasteiger partial charge in [0.15, 0.2) is 0 Å². The normalized spacial score (nSPS) is 14.1. The van der Waals surface area contributed by atoms with E-state index >= 15 is 0 Å². The van der Waals surface area contributed by atoms with E-state index in [1.165, 1.54) is 23.1 Å². The molecule has 20 heavy (non-hydrogen) atoms. The Morgan fingerprint density at radius 3 is 2.40 bits per heavy atom. The lowest BCUT2D eigenvalue weighted by atomic mass is 10.1. The lowest BCUT2D eigenvalue weighted by Crippen LogP contribution is -2.40. The zero-order valence-corrected chi connectivity index (χ0v) is 11.5. The highest BCUT2D eigenvalue weighted by molar-refractivity contribution is 5.18. The zero-order valence-electron chi connectivity index (χ0n) is 11.5. The van der Waals surface area contributed by atoms with Crippen LogP contribution in [0.5, 0.6) is 0 Å². The Bertz CT molecular complexity index is 420. The Balaban J connectivity index is 2.59. The third kappa shape index (κ3) is 5.88. The number of hydrogen-bond donors (Lipinski definition) is 1. The van der Waals surface area contributed by atoms with Crippen molar-refractivity contribution >= 4 is 0 Å². The van der Waals surface area contributed by atoms with Crippen molar-refractivity contribution in [2.75, 3.05) is 13.1 Å². The number of hydrogen-bond acceptors (Lipinski definition) is 2. The summed E-state index contributed by atoms with van der Waals surface area (Å²) in [6, 6.07) is 5.17. The van der Waals surface area contributed by atoms with E-state index in [1.54, 1.807) is 19.9 Å². The van der Waals surface area contributed by atoms with Crippen LogP contribution in [-0.4, -0.2) is 35.3 Å². The molecule has 0 aliphatic rings. The van der Waals surface area contributed by atoms with Gasteiger partial charge in [0.05, 0.1) is 12.6 Å². The molecule has 0 aliphatic heterocycles. The first-order chi connectivity index (χ1) is 9.19. The van der Waals surface area contributed by atoms with Crippen LogP contribution in [0.4, 0.5) is 17.6 Å². The maximum absolute atomic E-state index is 13.0. The van der Waals surface area contributed by atoms with E-state index < -0.39 is 24.6 Å². The summed E-state index contributed by atoms with van der Waals surface area (Å²) in [5, 5.41) is 9.90. The number of benzene rings is 1. The smallest absolute Gasteiger partial charge is 0.388 e. The van der Waals surface area contributed by atoms with E-state index in [0.29, 0.717) is 5.56 Å². The molecule has 0 heterocycles. The molecule has 6 heteroatoms. The zero-order chi connectivity index (χ0) is 15.3. The molecule has 114 valence electrons. The molecule has 1 rings (SSSR count). The van der Waals surface area contributed by atoms with Crippen molar-refractivity contribution < 1.29 is 22.7 Å². The summed E-state index contributed by atoms with van der Waals surface area (Å²) in [5.74, 6) is -0.474. The highest BCUT2D eigenvalue weighted by Crippen LogP contribution is 2.21. The molecular formula is C14H19F4NO. The van der Waals surface area contributed by atoms with Crippen molar-refractivity contribution in [3.05, 3.63) is 35.6 Å². The van der Waals surface area contributed by atoms with Crippen molar-refractivity contribution in [2.24, 2.45) is 0 Å². The van der Waals surface area contributed by atoms with Crippen LogP contribution >= 0.6 is 0 Å². The van der Waals surface area contributed by atoms with E-state index in [2.05, 4.69) is 0 Å². The van der Waals surface area contributed by atoms with Gasteiger partial charge >= 0.3 is 6.18 Å². The average Bonchev–Trinajstić information content (AvgIpc) is 2.32. The van der Waals surface area contributed by atoms with Crippen LogP contribution in [0, 0.1) is 5.82 Å². The number of nitrogens with zero attached hydrogens (tertiary/aromatic N) is 1. The molecule has 1 atom stereocenters. The van der Waals surface area contributed by atoms with Gasteiger partial charge in [0.2, 0.25) is 0 Å². The molecule has 1 aromatic rings. The van der Waals surface area contributed by atoms with Crippen LogP contribution in [0.2, 0.25) is 0 Å². The Hall–Kier alpha value is -1.14. The molecular weight excluding hydrogens is 274 g/mol. The standard InChI is InChI=1S/C14H19F4NO/c1-10(2)19(9-14(16,17)18)7-6-13(20)11-4-3-5-12(15)8-11/h3-5,8,10,13,20H,6-7,9H2,1-2H3. The largest absolute Gasteiger partial charge is 0.401 e. The van der Waals surface area contributed by atoms with Gasteiger partial charge in [-0.1, -0.05) is 12.1 Å². The van der Waals surface area contributed by atoms with Crippen molar-refractivity contribution in [3.8, 4) is 0 Å². The van der Waals surface area contributed by atoms with Gasteiger partial charge in [-0.3, -0.25) is 4.90 Å². The van der Waals surface area contributed by atoms with E-state index in [-0.39, 0.29) is 19.0 Å². The summed E-state index contributed by atoms with van der Waals surface area (Å²) in [6.45, 7) is 2.41. The van der Waals surface area contributed by atoms with E-state index in [9.17, 15) is 22.7 Å². The highest BCUT2D eigenvalue weighted by Gasteiger charge is 2.31. The van der Waals surface area contributed by atoms with Crippen LogP contribution in [0.1, 0.15) is 31.9 Å². The van der Waals surface area contributed by atoms with Crippen molar-refractivity contribution in [1.29, 1.82) is 0 Å². The highest BCUT2D eigenvalue weighted by atomic mass is 19.4. The molecule has 2 nitrogen and oxygen atoms in total. The molecule has 1 aromatic carbocycles. The number of alkyl halides is 3. The molecule has 0 spiro atoms. The Morgan fingerprint density at radius 1 is 1.25 bits per heavy atom. The second-order valence-corrected chi connectivity index (χ2v) is 5.04. The van der Waals surface area contributed by atoms with Gasteiger partial charge in [-0.05, 0) is 38.0 Å². The minimum absolute atomic E-state index is 0.0921. The maximum atomic E-state index is 13.0. The fraction of sp³-hybridized carbons (Fsp3) is 0.571. The van der Waals surface area contributed by atoms with Crippen molar-refractivity contribution in [1.82, 2.24) is 4.90 Å². The molecule has 0 bridgehead atoms. The lowest BCUT2D eigenvalue weighted by molar-refractivity contribution is -0.150. The summed E-state index contributed by atoms with van der Waals surface area (Å²) < 4.78 is 50.2. The van der Waals surface area contributed by atoms with Gasteiger partial charge in [-0.15, -0.1) is 0 Å². The molecule has 0 aliphatic carbocycles. The third-order valence-corrected chi connectivity index (χ3v) is 3.04. The van der Waals surface area contributed by atoms with Gasteiger partial charge in [0, 0.05) is 12.6 Å². The van der Waals surface area contributed by atoms with Crippen LogP contribution in [-0.2, 0) is 0 Å². The quantitative estimate of drug-likeness (QED) is 0.811. The van der Waals surface area contributed by atoms with E-state index in [4.69, 9.17) is 0 Å². The molecule has 0 aromatic heterocycles. The summed E-state index contributed by atoms with van der Waals surface area (Å²) in [4.78, 5) is 1.24. The molecule has 0 saturated carbocycles. The Kier molecular flexibility index (Phi) is 5.95. The van der Waals surface area contributed by atoms with Gasteiger partial charge in [-0.25, -0.2) is 4.39 Å². The number of aliphatic hydroxyl groups is 1. The monoisotopic (exact) mass is 293 g/mol. The van der Waals surface area contributed by atoms with Crippen LogP contribution in [0.3, 0.4) is 0 Å². The van der Waals surface area contributed by atoms with Crippen LogP contribution in [0.15, 0.2) is 24.3 Å². The summed E-state index contributed by atoms with van der Waals surface area (Å²) in [7, 11) is 0. The first kappa shape index (κ1) is 16.9. The molecule has 1 unspecified atom stereocenters. The minimum atomic E-state index is -4.27. The number of aliphatic hydroxyl groups excluding tert-OH is 1. The summed E-state index contributed by atoms with van der Waals surface area (Å²) in [6.07, 6.45) is -5.12. The van der Waals surface area contributed by atoms with Gasteiger partial charge in [0.25, 0.3) is 0 Å². The maximum Gasteiger partial charge on any atom is 0.401 e. The second kappa shape index (κ2) is 7.04. The fourth-order valence-corrected chi connectivity index (χ4v) is 1.92. The Labute approximate surface area is 116 Å². The fourth-order valence-electron chi connectivity index (χ4n) is 1.92. The van der Waals surface area contributed by atoms with Crippen LogP contribution < -0.4 is 0 Å². The lowest BCUT2D eigenvalue weighted by Gasteiger charge is -2.28. The summed E-state index contributed by atoms with van der Waals surface area (Å²) in [5.41, 5.74) is 0.376. The van der Waals surface area contributed by atoms with Gasteiger partial charge < -0.3 is 5.11 Å². The molecule has 1 N–H and O–H groups in total. The number of rotatable bonds is 6. The van der Waals surface area contributed by atoms with Crippen molar-refractivity contribution in [3.63, 3.8) is 0 Å². The molecule has 0 radical (unpaired) electrons. The van der Waals surface area contributed by atoms with E-state index in [0.717, 1.165) is 0 Å².